The van der Waals surface area contributed by atoms with Gasteiger partial charge in [0, 0.05) is 11.1 Å². The van der Waals surface area contributed by atoms with Gasteiger partial charge in [-0.2, -0.15) is 0 Å². The van der Waals surface area contributed by atoms with E-state index in [2.05, 4.69) is 15.9 Å². The van der Waals surface area contributed by atoms with Crippen LogP contribution in [0.1, 0.15) is 16.7 Å². The number of benzene rings is 2. The van der Waals surface area contributed by atoms with Gasteiger partial charge in [0.2, 0.25) is 0 Å². The molecule has 0 heterocycles. The van der Waals surface area contributed by atoms with E-state index in [9.17, 15) is 14.5 Å². The second-order valence-corrected chi connectivity index (χ2v) is 5.46. The lowest BCUT2D eigenvalue weighted by Gasteiger charge is -2.11. The van der Waals surface area contributed by atoms with Gasteiger partial charge in [-0.05, 0) is 47.5 Å². The molecule has 0 aliphatic carbocycles. The fourth-order valence-electron chi connectivity index (χ4n) is 1.99. The maximum atomic E-state index is 13.4. The summed E-state index contributed by atoms with van der Waals surface area (Å²) < 4.78 is 19.4. The third-order valence-corrected chi connectivity index (χ3v) is 3.99. The highest BCUT2D eigenvalue weighted by molar-refractivity contribution is 9.10. The third kappa shape index (κ3) is 3.39. The van der Waals surface area contributed by atoms with E-state index in [1.54, 1.807) is 25.1 Å². The average Bonchev–Trinajstić information content (AvgIpc) is 2.41. The monoisotopic (exact) mass is 353 g/mol. The molecular weight excluding hydrogens is 341 g/mol. The normalized spacial score (nSPS) is 10.5. The first-order chi connectivity index (χ1) is 9.90. The molecule has 0 radical (unpaired) electrons. The Labute approximate surface area is 129 Å². The molecular formula is C15H13BrFNO3. The number of hydrogen-bond donors (Lipinski definition) is 0. The summed E-state index contributed by atoms with van der Waals surface area (Å²) in [6.45, 7) is 3.62. The number of aryl methyl sites for hydroxylation is 2. The average molecular weight is 354 g/mol. The maximum Gasteiger partial charge on any atom is 0.276 e. The smallest absolute Gasteiger partial charge is 0.276 e. The number of nitrogens with zero attached hydrogens (tertiary/aromatic N) is 1. The molecule has 110 valence electrons. The standard InChI is InChI=1S/C15H13BrFNO3/c1-9-6-10(2)14(7-13(9)18(19)20)21-8-11-4-3-5-12(17)15(11)16/h3-7H,8H2,1-2H3. The number of rotatable bonds is 4. The molecule has 0 fully saturated rings. The number of nitro groups is 1. The van der Waals surface area contributed by atoms with Crippen LogP contribution < -0.4 is 4.74 Å². The fraction of sp³-hybridized carbons (Fsp3) is 0.200. The molecule has 0 saturated heterocycles. The molecule has 21 heavy (non-hydrogen) atoms. The molecule has 0 aliphatic heterocycles. The number of halogens is 2. The van der Waals surface area contributed by atoms with Crippen molar-refractivity contribution in [2.24, 2.45) is 0 Å². The van der Waals surface area contributed by atoms with Crippen LogP contribution in [0.3, 0.4) is 0 Å². The van der Waals surface area contributed by atoms with Crippen LogP contribution in [0.4, 0.5) is 10.1 Å². The van der Waals surface area contributed by atoms with Gasteiger partial charge in [0.1, 0.15) is 18.2 Å². The van der Waals surface area contributed by atoms with Crippen molar-refractivity contribution in [3.8, 4) is 5.75 Å². The molecule has 0 atom stereocenters. The summed E-state index contributed by atoms with van der Waals surface area (Å²) in [6, 6.07) is 7.76. The molecule has 2 rings (SSSR count). The van der Waals surface area contributed by atoms with E-state index in [0.29, 0.717) is 21.3 Å². The molecule has 0 amide bonds. The Morgan fingerprint density at radius 2 is 2.00 bits per heavy atom. The SMILES string of the molecule is Cc1cc(C)c([N+](=O)[O-])cc1OCc1cccc(F)c1Br. The quantitative estimate of drug-likeness (QED) is 0.591. The minimum atomic E-state index is -0.445. The lowest BCUT2D eigenvalue weighted by molar-refractivity contribution is -0.385. The predicted molar refractivity (Wildman–Crippen MR) is 81.0 cm³/mol. The van der Waals surface area contributed by atoms with Crippen molar-refractivity contribution >= 4 is 21.6 Å². The number of nitro benzene ring substituents is 1. The van der Waals surface area contributed by atoms with Crippen molar-refractivity contribution < 1.29 is 14.1 Å². The van der Waals surface area contributed by atoms with Crippen molar-refractivity contribution in [3.63, 3.8) is 0 Å². The van der Waals surface area contributed by atoms with E-state index >= 15 is 0 Å². The van der Waals surface area contributed by atoms with Crippen molar-refractivity contribution in [2.75, 3.05) is 0 Å². The van der Waals surface area contributed by atoms with Crippen molar-refractivity contribution in [3.05, 3.63) is 67.4 Å². The van der Waals surface area contributed by atoms with E-state index in [1.807, 2.05) is 6.92 Å². The minimum absolute atomic E-state index is 0.00825. The van der Waals surface area contributed by atoms with Crippen LogP contribution in [0.2, 0.25) is 0 Å². The summed E-state index contributed by atoms with van der Waals surface area (Å²) in [4.78, 5) is 10.5. The summed E-state index contributed by atoms with van der Waals surface area (Å²) in [5.74, 6) is 0.0474. The largest absolute Gasteiger partial charge is 0.488 e. The molecule has 0 aliphatic rings. The molecule has 0 unspecified atom stereocenters. The zero-order valence-corrected chi connectivity index (χ0v) is 13.1. The molecule has 0 bridgehead atoms. The Hall–Kier alpha value is -1.95. The van der Waals surface area contributed by atoms with Crippen LogP contribution >= 0.6 is 15.9 Å². The maximum absolute atomic E-state index is 13.4. The van der Waals surface area contributed by atoms with Crippen LogP contribution in [0.15, 0.2) is 34.8 Å². The lowest BCUT2D eigenvalue weighted by atomic mass is 10.1. The van der Waals surface area contributed by atoms with E-state index in [4.69, 9.17) is 4.74 Å². The van der Waals surface area contributed by atoms with Gasteiger partial charge in [0.25, 0.3) is 5.69 Å². The molecule has 4 nitrogen and oxygen atoms in total. The van der Waals surface area contributed by atoms with Gasteiger partial charge >= 0.3 is 0 Å². The van der Waals surface area contributed by atoms with Gasteiger partial charge in [-0.25, -0.2) is 4.39 Å². The van der Waals surface area contributed by atoms with Gasteiger partial charge in [0.05, 0.1) is 15.5 Å². The van der Waals surface area contributed by atoms with E-state index in [1.165, 1.54) is 12.1 Å². The van der Waals surface area contributed by atoms with Gasteiger partial charge in [-0.1, -0.05) is 12.1 Å². The summed E-state index contributed by atoms with van der Waals surface area (Å²) in [5, 5.41) is 11.0. The highest BCUT2D eigenvalue weighted by Crippen LogP contribution is 2.29. The second-order valence-electron chi connectivity index (χ2n) is 4.66. The molecule has 0 aromatic heterocycles. The fourth-order valence-corrected chi connectivity index (χ4v) is 2.37. The van der Waals surface area contributed by atoms with Crippen LogP contribution in [0.5, 0.6) is 5.75 Å². The molecule has 6 heteroatoms. The number of hydrogen-bond acceptors (Lipinski definition) is 3. The van der Waals surface area contributed by atoms with Crippen molar-refractivity contribution in [1.82, 2.24) is 0 Å². The summed E-state index contributed by atoms with van der Waals surface area (Å²) in [6.07, 6.45) is 0. The van der Waals surface area contributed by atoms with Crippen LogP contribution in [-0.4, -0.2) is 4.92 Å². The van der Waals surface area contributed by atoms with Crippen LogP contribution in [0.25, 0.3) is 0 Å². The summed E-state index contributed by atoms with van der Waals surface area (Å²) >= 11 is 3.16. The molecule has 2 aromatic rings. The van der Waals surface area contributed by atoms with E-state index in [0.717, 1.165) is 5.56 Å². The lowest BCUT2D eigenvalue weighted by Crippen LogP contribution is -2.01. The van der Waals surface area contributed by atoms with E-state index in [-0.39, 0.29) is 18.1 Å². The van der Waals surface area contributed by atoms with Gasteiger partial charge < -0.3 is 4.74 Å². The first-order valence-corrected chi connectivity index (χ1v) is 7.00. The first-order valence-electron chi connectivity index (χ1n) is 6.21. The van der Waals surface area contributed by atoms with E-state index < -0.39 is 4.92 Å². The zero-order valence-electron chi connectivity index (χ0n) is 11.5. The van der Waals surface area contributed by atoms with Gasteiger partial charge in [-0.3, -0.25) is 10.1 Å². The zero-order chi connectivity index (χ0) is 15.6. The topological polar surface area (TPSA) is 52.4 Å². The number of ether oxygens (including phenoxy) is 1. The highest BCUT2D eigenvalue weighted by atomic mass is 79.9. The Balaban J connectivity index is 2.26. The van der Waals surface area contributed by atoms with Gasteiger partial charge in [-0.15, -0.1) is 0 Å². The molecule has 0 spiro atoms. The summed E-state index contributed by atoms with van der Waals surface area (Å²) in [7, 11) is 0. The molecule has 0 saturated carbocycles. The van der Waals surface area contributed by atoms with Crippen molar-refractivity contribution in [1.29, 1.82) is 0 Å². The van der Waals surface area contributed by atoms with Crippen LogP contribution in [-0.2, 0) is 6.61 Å². The molecule has 2 aromatic carbocycles. The van der Waals surface area contributed by atoms with Crippen molar-refractivity contribution in [2.45, 2.75) is 20.5 Å². The minimum Gasteiger partial charge on any atom is -0.488 e. The predicted octanol–water partition coefficient (Wildman–Crippen LogP) is 4.69. The Morgan fingerprint density at radius 3 is 2.67 bits per heavy atom. The molecule has 0 N–H and O–H groups in total. The first kappa shape index (κ1) is 15.4. The highest BCUT2D eigenvalue weighted by Gasteiger charge is 2.15. The third-order valence-electron chi connectivity index (χ3n) is 3.10. The van der Waals surface area contributed by atoms with Crippen LogP contribution in [0, 0.1) is 29.8 Å². The summed E-state index contributed by atoms with van der Waals surface area (Å²) in [5.41, 5.74) is 2.02. The Bertz CT molecular complexity index is 704. The van der Waals surface area contributed by atoms with Gasteiger partial charge in [0.15, 0.2) is 0 Å². The Morgan fingerprint density at radius 1 is 1.29 bits per heavy atom. The second kappa shape index (κ2) is 6.22. The Kier molecular flexibility index (Phi) is 4.57.